The number of terminal acetylenes is 1. The molecule has 0 bridgehead atoms. The summed E-state index contributed by atoms with van der Waals surface area (Å²) in [6.07, 6.45) is 4.80. The molecule has 0 spiro atoms. The Bertz CT molecular complexity index is 483. The topological polar surface area (TPSA) is 64.3 Å². The third-order valence-electron chi connectivity index (χ3n) is 2.47. The molecule has 0 aromatic heterocycles. The lowest BCUT2D eigenvalue weighted by atomic mass is 10.1. The van der Waals surface area contributed by atoms with Crippen LogP contribution >= 0.6 is 0 Å². The normalized spacial score (nSPS) is 11.5. The number of nitrogens with two attached hydrogens (primary N) is 1. The van der Waals surface area contributed by atoms with Crippen LogP contribution in [-0.4, -0.2) is 25.1 Å². The zero-order chi connectivity index (χ0) is 14.3. The second-order valence-electron chi connectivity index (χ2n) is 3.99. The highest BCUT2D eigenvalue weighted by Crippen LogP contribution is 2.19. The average molecular weight is 264 g/mol. The largest absolute Gasteiger partial charge is 0.478 e. The second-order valence-corrected chi connectivity index (χ2v) is 3.99. The number of rotatable bonds is 6. The van der Waals surface area contributed by atoms with E-state index < -0.39 is 11.9 Å². The summed E-state index contributed by atoms with van der Waals surface area (Å²) in [5.74, 6) is 1.41. The number of carbonyl (C=O) groups is 1. The van der Waals surface area contributed by atoms with Crippen LogP contribution in [0.5, 0.6) is 5.75 Å². The Balaban J connectivity index is 2.66. The average Bonchev–Trinajstić information content (AvgIpc) is 2.39. The van der Waals surface area contributed by atoms with Crippen molar-refractivity contribution in [3.63, 3.8) is 0 Å². The van der Waals surface area contributed by atoms with Gasteiger partial charge in [-0.1, -0.05) is 12.0 Å². The monoisotopic (exact) mass is 264 g/mol. The zero-order valence-corrected chi connectivity index (χ0v) is 10.8. The van der Waals surface area contributed by atoms with Crippen LogP contribution in [0, 0.1) is 18.2 Å². The maximum Gasteiger partial charge on any atom is 0.261 e. The molecule has 0 aliphatic rings. The summed E-state index contributed by atoms with van der Waals surface area (Å²) in [5, 5.41) is 2.46. The zero-order valence-electron chi connectivity index (χ0n) is 10.8. The molecular formula is C14H17FN2O2. The number of ether oxygens (including phenoxy) is 1. The molecule has 0 saturated carbocycles. The molecule has 1 amide bonds. The molecule has 102 valence electrons. The van der Waals surface area contributed by atoms with E-state index in [1.807, 2.05) is 0 Å². The molecule has 0 aliphatic carbocycles. The van der Waals surface area contributed by atoms with Crippen molar-refractivity contribution in [2.24, 2.45) is 5.73 Å². The molecule has 0 radical (unpaired) electrons. The van der Waals surface area contributed by atoms with Gasteiger partial charge in [0, 0.05) is 0 Å². The van der Waals surface area contributed by atoms with Gasteiger partial charge < -0.3 is 15.8 Å². The van der Waals surface area contributed by atoms with Crippen LogP contribution in [0.3, 0.4) is 0 Å². The summed E-state index contributed by atoms with van der Waals surface area (Å²) < 4.78 is 19.0. The van der Waals surface area contributed by atoms with E-state index in [0.717, 1.165) is 5.56 Å². The molecule has 0 heterocycles. The predicted molar refractivity (Wildman–Crippen MR) is 71.1 cm³/mol. The van der Waals surface area contributed by atoms with Crippen LogP contribution in [0.15, 0.2) is 18.2 Å². The molecule has 0 aliphatic heterocycles. The Morgan fingerprint density at radius 3 is 2.95 bits per heavy atom. The van der Waals surface area contributed by atoms with Gasteiger partial charge in [-0.05, 0) is 37.6 Å². The van der Waals surface area contributed by atoms with Crippen molar-refractivity contribution >= 4 is 5.91 Å². The van der Waals surface area contributed by atoms with Crippen molar-refractivity contribution in [2.75, 3.05) is 13.1 Å². The fraction of sp³-hybridized carbons (Fsp3) is 0.357. The lowest BCUT2D eigenvalue weighted by Crippen LogP contribution is -2.36. The molecule has 3 N–H and O–H groups in total. The van der Waals surface area contributed by atoms with Gasteiger partial charge >= 0.3 is 0 Å². The van der Waals surface area contributed by atoms with E-state index in [1.165, 1.54) is 19.1 Å². The van der Waals surface area contributed by atoms with Crippen molar-refractivity contribution in [1.82, 2.24) is 5.32 Å². The van der Waals surface area contributed by atoms with Gasteiger partial charge in [0.15, 0.2) is 17.7 Å². The summed E-state index contributed by atoms with van der Waals surface area (Å²) in [7, 11) is 0. The van der Waals surface area contributed by atoms with E-state index in [1.54, 1.807) is 6.07 Å². The van der Waals surface area contributed by atoms with E-state index in [0.29, 0.717) is 13.0 Å². The summed E-state index contributed by atoms with van der Waals surface area (Å²) in [6, 6.07) is 4.57. The first-order valence-corrected chi connectivity index (χ1v) is 5.94. The molecule has 4 nitrogen and oxygen atoms in total. The minimum absolute atomic E-state index is 0.0316. The van der Waals surface area contributed by atoms with E-state index in [4.69, 9.17) is 16.9 Å². The first kappa shape index (κ1) is 15.0. The Hall–Kier alpha value is -2.06. The molecule has 1 atom stereocenters. The quantitative estimate of drug-likeness (QED) is 0.748. The van der Waals surface area contributed by atoms with Crippen molar-refractivity contribution in [3.8, 4) is 18.1 Å². The standard InChI is InChI=1S/C14H17FN2O2/c1-3-8-17-14(18)10(2)19-13-5-4-11(6-7-16)9-12(13)15/h1,4-5,9-10H,6-8,16H2,2H3,(H,17,18). The molecule has 0 fully saturated rings. The number of amides is 1. The van der Waals surface area contributed by atoms with E-state index in [-0.39, 0.29) is 18.2 Å². The Labute approximate surface area is 112 Å². The van der Waals surface area contributed by atoms with Gasteiger partial charge in [0.25, 0.3) is 5.91 Å². The Morgan fingerprint density at radius 1 is 1.63 bits per heavy atom. The number of carbonyl (C=O) groups excluding carboxylic acids is 1. The van der Waals surface area contributed by atoms with Crippen molar-refractivity contribution in [1.29, 1.82) is 0 Å². The number of nitrogens with one attached hydrogen (secondary N) is 1. The van der Waals surface area contributed by atoms with Crippen LogP contribution in [0.1, 0.15) is 12.5 Å². The van der Waals surface area contributed by atoms with Gasteiger partial charge in [-0.3, -0.25) is 4.79 Å². The predicted octanol–water partition coefficient (Wildman–Crippen LogP) is 0.844. The maximum atomic E-state index is 13.7. The third-order valence-corrected chi connectivity index (χ3v) is 2.47. The third kappa shape index (κ3) is 4.60. The van der Waals surface area contributed by atoms with E-state index in [2.05, 4.69) is 11.2 Å². The van der Waals surface area contributed by atoms with Crippen molar-refractivity contribution in [3.05, 3.63) is 29.6 Å². The fourth-order valence-corrected chi connectivity index (χ4v) is 1.49. The first-order valence-electron chi connectivity index (χ1n) is 5.94. The lowest BCUT2D eigenvalue weighted by molar-refractivity contribution is -0.127. The molecule has 1 aromatic carbocycles. The molecule has 1 unspecified atom stereocenters. The van der Waals surface area contributed by atoms with Gasteiger partial charge in [0.1, 0.15) is 0 Å². The molecule has 1 rings (SSSR count). The van der Waals surface area contributed by atoms with Crippen molar-refractivity contribution in [2.45, 2.75) is 19.4 Å². The lowest BCUT2D eigenvalue weighted by Gasteiger charge is -2.14. The number of hydrogen-bond donors (Lipinski definition) is 2. The highest BCUT2D eigenvalue weighted by molar-refractivity contribution is 5.80. The van der Waals surface area contributed by atoms with Gasteiger partial charge in [0.05, 0.1) is 6.54 Å². The molecule has 0 saturated heterocycles. The Kier molecular flexibility index (Phi) is 5.83. The molecule has 1 aromatic rings. The van der Waals surface area contributed by atoms with Gasteiger partial charge in [-0.2, -0.15) is 0 Å². The Morgan fingerprint density at radius 2 is 2.37 bits per heavy atom. The number of benzene rings is 1. The van der Waals surface area contributed by atoms with Crippen LogP contribution in [0.2, 0.25) is 0 Å². The first-order chi connectivity index (χ1) is 9.08. The summed E-state index contributed by atoms with van der Waals surface area (Å²) >= 11 is 0. The number of hydrogen-bond acceptors (Lipinski definition) is 3. The van der Waals surface area contributed by atoms with Gasteiger partial charge in [-0.15, -0.1) is 6.42 Å². The van der Waals surface area contributed by atoms with Crippen LogP contribution in [0.25, 0.3) is 0 Å². The minimum atomic E-state index is -0.816. The number of halogens is 1. The van der Waals surface area contributed by atoms with Crippen molar-refractivity contribution < 1.29 is 13.9 Å². The smallest absolute Gasteiger partial charge is 0.261 e. The SMILES string of the molecule is C#CCNC(=O)C(C)Oc1ccc(CCN)cc1F. The van der Waals surface area contributed by atoms with Crippen LogP contribution in [0.4, 0.5) is 4.39 Å². The summed E-state index contributed by atoms with van der Waals surface area (Å²) in [4.78, 5) is 11.5. The van der Waals surface area contributed by atoms with Crippen LogP contribution in [-0.2, 0) is 11.2 Å². The maximum absolute atomic E-state index is 13.7. The highest BCUT2D eigenvalue weighted by Gasteiger charge is 2.16. The highest BCUT2D eigenvalue weighted by atomic mass is 19.1. The molecular weight excluding hydrogens is 247 g/mol. The fourth-order valence-electron chi connectivity index (χ4n) is 1.49. The second kappa shape index (κ2) is 7.39. The summed E-state index contributed by atoms with van der Waals surface area (Å²) in [5.41, 5.74) is 6.18. The van der Waals surface area contributed by atoms with Gasteiger partial charge in [-0.25, -0.2) is 4.39 Å². The molecule has 5 heteroatoms. The van der Waals surface area contributed by atoms with E-state index >= 15 is 0 Å². The molecule has 19 heavy (non-hydrogen) atoms. The van der Waals surface area contributed by atoms with E-state index in [9.17, 15) is 9.18 Å². The minimum Gasteiger partial charge on any atom is -0.478 e. The summed E-state index contributed by atoms with van der Waals surface area (Å²) in [6.45, 7) is 2.09. The van der Waals surface area contributed by atoms with Gasteiger partial charge in [0.2, 0.25) is 0 Å². The van der Waals surface area contributed by atoms with Crippen LogP contribution < -0.4 is 15.8 Å².